The third-order valence-corrected chi connectivity index (χ3v) is 8.09. The van der Waals surface area contributed by atoms with E-state index in [1.165, 1.54) is 11.0 Å². The van der Waals surface area contributed by atoms with Gasteiger partial charge in [0.25, 0.3) is 0 Å². The zero-order chi connectivity index (χ0) is 29.7. The summed E-state index contributed by atoms with van der Waals surface area (Å²) in [5.74, 6) is -4.61. The SMILES string of the molecule is CC(C)(C)C[C@H](NC(=O)C(=O)NC1(c2ccc(F)cc2F)CC1)C(=O)N1C[C@]2(C[C@H]1C#N)C(=O)Nc1ccccc12. The third-order valence-electron chi connectivity index (χ3n) is 8.09. The standard InChI is InChI=1S/C30H31F2N5O4/c1-28(2,3)14-23(34-24(38)25(39)36-30(10-11-30)19-9-8-17(31)12-21(19)32)26(40)37-16-29(13-18(37)15-33)20-6-4-5-7-22(20)35-27(29)41/h4-9,12,18,23H,10-11,13-14,16H2,1-3H3,(H,34,38)(H,35,41)(H,36,39)/t18-,23-,29-/m0/s1. The van der Waals surface area contributed by atoms with Gasteiger partial charge in [-0.05, 0) is 42.4 Å². The quantitative estimate of drug-likeness (QED) is 0.482. The van der Waals surface area contributed by atoms with Gasteiger partial charge in [0.05, 0.1) is 17.0 Å². The monoisotopic (exact) mass is 563 g/mol. The van der Waals surface area contributed by atoms with Crippen molar-refractivity contribution in [1.29, 1.82) is 5.26 Å². The minimum atomic E-state index is -1.17. The number of hydrogen-bond acceptors (Lipinski definition) is 5. The molecule has 4 amide bonds. The maximum Gasteiger partial charge on any atom is 0.310 e. The van der Waals surface area contributed by atoms with Crippen molar-refractivity contribution >= 4 is 29.3 Å². The number of nitrogens with one attached hydrogen (secondary N) is 3. The van der Waals surface area contributed by atoms with Crippen LogP contribution in [-0.2, 0) is 30.1 Å². The number of para-hydroxylation sites is 1. The molecule has 2 heterocycles. The van der Waals surface area contributed by atoms with Gasteiger partial charge in [0.15, 0.2) is 0 Å². The third kappa shape index (κ3) is 5.14. The Morgan fingerprint density at radius 3 is 2.46 bits per heavy atom. The second kappa shape index (κ2) is 9.94. The molecule has 5 rings (SSSR count). The summed E-state index contributed by atoms with van der Waals surface area (Å²) in [4.78, 5) is 54.4. The molecule has 3 N–H and O–H groups in total. The lowest BCUT2D eigenvalue weighted by molar-refractivity contribution is -0.143. The van der Waals surface area contributed by atoms with Crippen LogP contribution in [0.4, 0.5) is 14.5 Å². The van der Waals surface area contributed by atoms with Crippen LogP contribution in [0.25, 0.3) is 0 Å². The maximum atomic E-state index is 14.4. The molecule has 3 atom stereocenters. The smallest absolute Gasteiger partial charge is 0.310 e. The van der Waals surface area contributed by atoms with Gasteiger partial charge in [-0.25, -0.2) is 8.78 Å². The minimum absolute atomic E-state index is 0.0530. The molecule has 0 aromatic heterocycles. The molecular weight excluding hydrogens is 532 g/mol. The van der Waals surface area contributed by atoms with Crippen LogP contribution in [0.15, 0.2) is 42.5 Å². The number of hydrogen-bond donors (Lipinski definition) is 3. The fraction of sp³-hybridized carbons (Fsp3) is 0.433. The van der Waals surface area contributed by atoms with Crippen LogP contribution in [-0.4, -0.2) is 47.2 Å². The molecule has 214 valence electrons. The number of rotatable bonds is 5. The maximum absolute atomic E-state index is 14.4. The Labute approximate surface area is 236 Å². The molecule has 11 heteroatoms. The molecule has 41 heavy (non-hydrogen) atoms. The Morgan fingerprint density at radius 2 is 1.83 bits per heavy atom. The topological polar surface area (TPSA) is 131 Å². The van der Waals surface area contributed by atoms with Crippen LogP contribution in [0.5, 0.6) is 0 Å². The van der Waals surface area contributed by atoms with Gasteiger partial charge in [-0.3, -0.25) is 19.2 Å². The lowest BCUT2D eigenvalue weighted by atomic mass is 9.80. The van der Waals surface area contributed by atoms with Crippen molar-refractivity contribution in [3.63, 3.8) is 0 Å². The fourth-order valence-corrected chi connectivity index (χ4v) is 5.96. The van der Waals surface area contributed by atoms with E-state index in [0.717, 1.165) is 12.1 Å². The molecule has 0 radical (unpaired) electrons. The summed E-state index contributed by atoms with van der Waals surface area (Å²) in [6.45, 7) is 5.54. The number of nitriles is 1. The van der Waals surface area contributed by atoms with Gasteiger partial charge < -0.3 is 20.9 Å². The summed E-state index contributed by atoms with van der Waals surface area (Å²) < 4.78 is 27.8. The molecule has 1 saturated carbocycles. The Morgan fingerprint density at radius 1 is 1.12 bits per heavy atom. The predicted molar refractivity (Wildman–Crippen MR) is 144 cm³/mol. The average molecular weight is 564 g/mol. The van der Waals surface area contributed by atoms with Crippen molar-refractivity contribution in [2.45, 2.75) is 69.5 Å². The highest BCUT2D eigenvalue weighted by molar-refractivity contribution is 6.35. The number of likely N-dealkylation sites (tertiary alicyclic amines) is 1. The van der Waals surface area contributed by atoms with Gasteiger partial charge in [-0.1, -0.05) is 45.0 Å². The number of benzene rings is 2. The summed E-state index contributed by atoms with van der Waals surface area (Å²) in [7, 11) is 0. The van der Waals surface area contributed by atoms with Crippen molar-refractivity contribution in [1.82, 2.24) is 15.5 Å². The molecule has 0 bridgehead atoms. The van der Waals surface area contributed by atoms with Gasteiger partial charge >= 0.3 is 11.8 Å². The number of fused-ring (bicyclic) bond motifs is 2. The van der Waals surface area contributed by atoms with Crippen molar-refractivity contribution in [3.05, 3.63) is 65.2 Å². The van der Waals surface area contributed by atoms with Crippen LogP contribution in [0.2, 0.25) is 0 Å². The zero-order valence-electron chi connectivity index (χ0n) is 23.0. The van der Waals surface area contributed by atoms with E-state index in [-0.39, 0.29) is 30.9 Å². The molecule has 2 aromatic rings. The van der Waals surface area contributed by atoms with Gasteiger partial charge in [0, 0.05) is 30.3 Å². The summed E-state index contributed by atoms with van der Waals surface area (Å²) in [6.07, 6.45) is 0.970. The molecule has 1 aliphatic carbocycles. The largest absolute Gasteiger partial charge is 0.338 e. The van der Waals surface area contributed by atoms with E-state index in [0.29, 0.717) is 24.1 Å². The molecular formula is C30H31F2N5O4. The van der Waals surface area contributed by atoms with Gasteiger partial charge in [0.2, 0.25) is 11.8 Å². The number of nitrogens with zero attached hydrogens (tertiary/aromatic N) is 2. The minimum Gasteiger partial charge on any atom is -0.338 e. The first kappa shape index (κ1) is 28.2. The van der Waals surface area contributed by atoms with E-state index in [1.54, 1.807) is 24.3 Å². The van der Waals surface area contributed by atoms with Crippen molar-refractivity contribution < 1.29 is 28.0 Å². The van der Waals surface area contributed by atoms with Crippen molar-refractivity contribution in [2.75, 3.05) is 11.9 Å². The number of anilines is 1. The van der Waals surface area contributed by atoms with E-state index in [4.69, 9.17) is 0 Å². The van der Waals surface area contributed by atoms with Gasteiger partial charge in [-0.15, -0.1) is 0 Å². The number of halogens is 2. The molecule has 0 unspecified atom stereocenters. The lowest BCUT2D eigenvalue weighted by Crippen LogP contribution is -2.55. The zero-order valence-corrected chi connectivity index (χ0v) is 23.0. The van der Waals surface area contributed by atoms with Crippen molar-refractivity contribution in [2.24, 2.45) is 5.41 Å². The first-order chi connectivity index (χ1) is 19.3. The number of amides is 4. The summed E-state index contributed by atoms with van der Waals surface area (Å²) >= 11 is 0. The molecule has 9 nitrogen and oxygen atoms in total. The highest BCUT2D eigenvalue weighted by Crippen LogP contribution is 2.47. The highest BCUT2D eigenvalue weighted by Gasteiger charge is 2.56. The second-order valence-electron chi connectivity index (χ2n) is 12.3. The molecule has 2 aliphatic heterocycles. The van der Waals surface area contributed by atoms with Crippen LogP contribution in [0.3, 0.4) is 0 Å². The van der Waals surface area contributed by atoms with Crippen LogP contribution >= 0.6 is 0 Å². The molecule has 2 fully saturated rings. The molecule has 1 spiro atoms. The van der Waals surface area contributed by atoms with Crippen LogP contribution in [0.1, 0.15) is 57.6 Å². The fourth-order valence-electron chi connectivity index (χ4n) is 5.96. The Bertz CT molecular complexity index is 1490. The van der Waals surface area contributed by atoms with Gasteiger partial charge in [-0.2, -0.15) is 5.26 Å². The average Bonchev–Trinajstić information content (AvgIpc) is 3.47. The Kier molecular flexibility index (Phi) is 6.84. The first-order valence-electron chi connectivity index (χ1n) is 13.5. The summed E-state index contributed by atoms with van der Waals surface area (Å²) in [5, 5.41) is 17.9. The molecule has 1 saturated heterocycles. The molecule has 3 aliphatic rings. The predicted octanol–water partition coefficient (Wildman–Crippen LogP) is 3.01. The first-order valence-corrected chi connectivity index (χ1v) is 13.5. The highest BCUT2D eigenvalue weighted by atomic mass is 19.1. The summed E-state index contributed by atoms with van der Waals surface area (Å²) in [6, 6.07) is 10.2. The van der Waals surface area contributed by atoms with Crippen LogP contribution in [0, 0.1) is 28.4 Å². The van der Waals surface area contributed by atoms with E-state index >= 15 is 0 Å². The van der Waals surface area contributed by atoms with Crippen LogP contribution < -0.4 is 16.0 Å². The summed E-state index contributed by atoms with van der Waals surface area (Å²) in [5.41, 5.74) is -1.28. The second-order valence-corrected chi connectivity index (χ2v) is 12.3. The number of carbonyl (C=O) groups excluding carboxylic acids is 4. The Hall–Kier alpha value is -4.33. The molecule has 2 aromatic carbocycles. The Balaban J connectivity index is 1.35. The lowest BCUT2D eigenvalue weighted by Gasteiger charge is -2.31. The van der Waals surface area contributed by atoms with E-state index < -0.39 is 57.8 Å². The number of carbonyl (C=O) groups is 4. The van der Waals surface area contributed by atoms with E-state index in [2.05, 4.69) is 22.0 Å². The van der Waals surface area contributed by atoms with E-state index in [1.807, 2.05) is 20.8 Å². The van der Waals surface area contributed by atoms with Crippen molar-refractivity contribution in [3.8, 4) is 6.07 Å². The normalized spacial score (nSPS) is 22.9. The van der Waals surface area contributed by atoms with E-state index in [9.17, 15) is 33.2 Å². The van der Waals surface area contributed by atoms with Gasteiger partial charge in [0.1, 0.15) is 23.7 Å².